The molecule has 2 aromatic rings. The molecule has 0 aliphatic heterocycles. The number of thiazole rings is 1. The van der Waals surface area contributed by atoms with Crippen LogP contribution in [0.3, 0.4) is 0 Å². The van der Waals surface area contributed by atoms with Crippen molar-refractivity contribution in [1.29, 1.82) is 0 Å². The Labute approximate surface area is 113 Å². The van der Waals surface area contributed by atoms with Crippen LogP contribution >= 0.6 is 11.3 Å². The van der Waals surface area contributed by atoms with Crippen molar-refractivity contribution in [3.05, 3.63) is 39.5 Å². The first-order valence-electron chi connectivity index (χ1n) is 6.27. The Hall–Kier alpha value is -1.19. The Bertz CT molecular complexity index is 544. The van der Waals surface area contributed by atoms with Gasteiger partial charge in [0.2, 0.25) is 0 Å². The summed E-state index contributed by atoms with van der Waals surface area (Å²) in [6, 6.07) is 2.26. The highest BCUT2D eigenvalue weighted by molar-refractivity contribution is 7.15. The van der Waals surface area contributed by atoms with E-state index in [9.17, 15) is 0 Å². The van der Waals surface area contributed by atoms with Crippen molar-refractivity contribution in [2.24, 2.45) is 5.73 Å². The summed E-state index contributed by atoms with van der Waals surface area (Å²) in [7, 11) is 0. The van der Waals surface area contributed by atoms with Crippen LogP contribution in [-0.2, 0) is 6.42 Å². The van der Waals surface area contributed by atoms with Crippen LogP contribution in [0, 0.1) is 27.7 Å². The third-order valence-electron chi connectivity index (χ3n) is 3.52. The van der Waals surface area contributed by atoms with Crippen molar-refractivity contribution in [2.45, 2.75) is 34.1 Å². The molecule has 0 radical (unpaired) electrons. The van der Waals surface area contributed by atoms with Gasteiger partial charge in [0, 0.05) is 12.6 Å². The first-order chi connectivity index (χ1) is 8.54. The average Bonchev–Trinajstić information content (AvgIpc) is 2.76. The zero-order valence-corrected chi connectivity index (χ0v) is 12.3. The van der Waals surface area contributed by atoms with Gasteiger partial charge in [-0.2, -0.15) is 0 Å². The van der Waals surface area contributed by atoms with Gasteiger partial charge >= 0.3 is 0 Å². The van der Waals surface area contributed by atoms with E-state index in [0.29, 0.717) is 6.54 Å². The average molecular weight is 260 g/mol. The smallest absolute Gasteiger partial charge is 0.0943 e. The van der Waals surface area contributed by atoms with Gasteiger partial charge in [0.25, 0.3) is 0 Å². The molecule has 2 nitrogen and oxygen atoms in total. The third kappa shape index (κ3) is 2.33. The first-order valence-corrected chi connectivity index (χ1v) is 7.08. The van der Waals surface area contributed by atoms with Gasteiger partial charge in [-0.15, -0.1) is 11.3 Å². The Morgan fingerprint density at radius 2 is 1.72 bits per heavy atom. The maximum absolute atomic E-state index is 5.58. The van der Waals surface area contributed by atoms with E-state index in [2.05, 4.69) is 38.7 Å². The Morgan fingerprint density at radius 1 is 1.11 bits per heavy atom. The van der Waals surface area contributed by atoms with Crippen LogP contribution in [0.1, 0.15) is 27.3 Å². The summed E-state index contributed by atoms with van der Waals surface area (Å²) < 4.78 is 0. The minimum atomic E-state index is 0.664. The minimum Gasteiger partial charge on any atom is -0.330 e. The fourth-order valence-corrected chi connectivity index (χ4v) is 3.34. The molecule has 0 bridgehead atoms. The van der Waals surface area contributed by atoms with Crippen LogP contribution in [0.2, 0.25) is 0 Å². The first kappa shape index (κ1) is 13.2. The maximum atomic E-state index is 5.58. The molecule has 1 heterocycles. The molecule has 0 unspecified atom stereocenters. The number of aromatic nitrogens is 1. The van der Waals surface area contributed by atoms with Gasteiger partial charge in [-0.25, -0.2) is 4.98 Å². The molecule has 2 rings (SSSR count). The van der Waals surface area contributed by atoms with E-state index in [-0.39, 0.29) is 0 Å². The zero-order valence-electron chi connectivity index (χ0n) is 11.5. The second-order valence-electron chi connectivity index (χ2n) is 4.79. The second-order valence-corrected chi connectivity index (χ2v) is 5.91. The predicted octanol–water partition coefficient (Wildman–Crippen LogP) is 3.54. The van der Waals surface area contributed by atoms with Crippen molar-refractivity contribution >= 4 is 11.3 Å². The quantitative estimate of drug-likeness (QED) is 0.916. The summed E-state index contributed by atoms with van der Waals surface area (Å²) >= 11 is 1.77. The van der Waals surface area contributed by atoms with E-state index in [1.807, 2.05) is 6.20 Å². The van der Waals surface area contributed by atoms with E-state index < -0.39 is 0 Å². The highest BCUT2D eigenvalue weighted by Gasteiger charge is 2.13. The summed E-state index contributed by atoms with van der Waals surface area (Å²) in [6.45, 7) is 9.40. The molecule has 1 aromatic heterocycles. The summed E-state index contributed by atoms with van der Waals surface area (Å²) in [5.74, 6) is 0. The van der Waals surface area contributed by atoms with Crippen LogP contribution in [0.4, 0.5) is 0 Å². The Kier molecular flexibility index (Phi) is 3.83. The minimum absolute atomic E-state index is 0.664. The fraction of sp³-hybridized carbons (Fsp3) is 0.400. The largest absolute Gasteiger partial charge is 0.330 e. The number of aryl methyl sites for hydroxylation is 2. The summed E-state index contributed by atoms with van der Waals surface area (Å²) in [4.78, 5) is 5.73. The zero-order chi connectivity index (χ0) is 13.3. The van der Waals surface area contributed by atoms with E-state index in [1.54, 1.807) is 11.3 Å². The van der Waals surface area contributed by atoms with Gasteiger partial charge in [-0.1, -0.05) is 6.07 Å². The molecule has 0 spiro atoms. The highest BCUT2D eigenvalue weighted by Crippen LogP contribution is 2.34. The van der Waals surface area contributed by atoms with Crippen molar-refractivity contribution in [1.82, 2.24) is 4.98 Å². The summed E-state index contributed by atoms with van der Waals surface area (Å²) in [6.07, 6.45) is 2.86. The second kappa shape index (κ2) is 5.21. The standard InChI is InChI=1S/C15H20N2S/c1-9-7-10(2)12(4)15(11(9)3)13-8-17-14(18-13)5-6-16/h7-8H,5-6,16H2,1-4H3. The van der Waals surface area contributed by atoms with E-state index >= 15 is 0 Å². The lowest BCUT2D eigenvalue weighted by Gasteiger charge is -2.13. The number of hydrogen-bond donors (Lipinski definition) is 1. The van der Waals surface area contributed by atoms with Crippen LogP contribution in [0.15, 0.2) is 12.3 Å². The molecular formula is C15H20N2S. The number of rotatable bonds is 3. The molecule has 0 saturated heterocycles. The van der Waals surface area contributed by atoms with Gasteiger partial charge in [0.15, 0.2) is 0 Å². The van der Waals surface area contributed by atoms with E-state index in [4.69, 9.17) is 5.73 Å². The monoisotopic (exact) mass is 260 g/mol. The molecule has 0 aliphatic rings. The van der Waals surface area contributed by atoms with Crippen molar-refractivity contribution in [2.75, 3.05) is 6.54 Å². The van der Waals surface area contributed by atoms with Gasteiger partial charge in [-0.05, 0) is 62.1 Å². The number of nitrogens with zero attached hydrogens (tertiary/aromatic N) is 1. The van der Waals surface area contributed by atoms with E-state index in [0.717, 1.165) is 11.4 Å². The fourth-order valence-electron chi connectivity index (χ4n) is 2.25. The van der Waals surface area contributed by atoms with Gasteiger partial charge in [0.05, 0.1) is 9.88 Å². The predicted molar refractivity (Wildman–Crippen MR) is 79.3 cm³/mol. The number of nitrogens with two attached hydrogens (primary N) is 1. The molecule has 0 atom stereocenters. The Morgan fingerprint density at radius 3 is 2.28 bits per heavy atom. The lowest BCUT2D eigenvalue weighted by atomic mass is 9.94. The molecule has 96 valence electrons. The van der Waals surface area contributed by atoms with Gasteiger partial charge in [0.1, 0.15) is 0 Å². The van der Waals surface area contributed by atoms with Crippen molar-refractivity contribution in [3.63, 3.8) is 0 Å². The molecule has 0 fully saturated rings. The Balaban J connectivity index is 2.55. The topological polar surface area (TPSA) is 38.9 Å². The molecule has 0 saturated carbocycles. The lowest BCUT2D eigenvalue weighted by molar-refractivity contribution is 0.953. The number of benzene rings is 1. The SMILES string of the molecule is Cc1cc(C)c(C)c(-c2cnc(CCN)s2)c1C. The molecule has 0 amide bonds. The lowest BCUT2D eigenvalue weighted by Crippen LogP contribution is -2.01. The van der Waals surface area contributed by atoms with Crippen molar-refractivity contribution < 1.29 is 0 Å². The summed E-state index contributed by atoms with van der Waals surface area (Å²) in [5, 5.41) is 1.13. The van der Waals surface area contributed by atoms with E-state index in [1.165, 1.54) is 32.7 Å². The van der Waals surface area contributed by atoms with Gasteiger partial charge in [-0.3, -0.25) is 0 Å². The molecule has 0 aliphatic carbocycles. The molecule has 3 heteroatoms. The van der Waals surface area contributed by atoms with Crippen LogP contribution in [0.25, 0.3) is 10.4 Å². The molecule has 18 heavy (non-hydrogen) atoms. The highest BCUT2D eigenvalue weighted by atomic mass is 32.1. The normalized spacial score (nSPS) is 10.9. The summed E-state index contributed by atoms with van der Waals surface area (Å²) in [5.41, 5.74) is 12.4. The van der Waals surface area contributed by atoms with Crippen LogP contribution in [-0.4, -0.2) is 11.5 Å². The van der Waals surface area contributed by atoms with Gasteiger partial charge < -0.3 is 5.73 Å². The molecule has 1 aromatic carbocycles. The van der Waals surface area contributed by atoms with Crippen LogP contribution in [0.5, 0.6) is 0 Å². The van der Waals surface area contributed by atoms with Crippen molar-refractivity contribution in [3.8, 4) is 10.4 Å². The molecular weight excluding hydrogens is 240 g/mol. The molecule has 2 N–H and O–H groups in total. The number of hydrogen-bond acceptors (Lipinski definition) is 3. The maximum Gasteiger partial charge on any atom is 0.0943 e. The van der Waals surface area contributed by atoms with Crippen LogP contribution < -0.4 is 5.73 Å². The third-order valence-corrected chi connectivity index (χ3v) is 4.60.